The molecule has 0 saturated heterocycles. The van der Waals surface area contributed by atoms with Gasteiger partial charge in [0.25, 0.3) is 10.0 Å². The number of amides is 1. The number of nitrogens with two attached hydrogens (primary N) is 1. The number of rotatable bonds is 10. The second-order valence-corrected chi connectivity index (χ2v) is 11.3. The molecule has 4 aromatic rings. The molecule has 1 amide bonds. The molecule has 11 nitrogen and oxygen atoms in total. The summed E-state index contributed by atoms with van der Waals surface area (Å²) in [7, 11) is -0.351. The average Bonchev–Trinajstić information content (AvgIpc) is 3.24. The van der Waals surface area contributed by atoms with Crippen molar-refractivity contribution in [2.75, 3.05) is 37.6 Å². The molecule has 2 aromatic heterocycles. The predicted molar refractivity (Wildman–Crippen MR) is 149 cm³/mol. The molecule has 0 unspecified atom stereocenters. The molecule has 0 aliphatic carbocycles. The summed E-state index contributed by atoms with van der Waals surface area (Å²) >= 11 is 12.0. The topological polar surface area (TPSA) is 148 Å². The van der Waals surface area contributed by atoms with Crippen molar-refractivity contribution in [1.29, 1.82) is 0 Å². The minimum Gasteiger partial charge on any atom is -0.383 e. The summed E-state index contributed by atoms with van der Waals surface area (Å²) in [5.74, 6) is -1.07. The molecule has 2 heterocycles. The molecule has 0 aliphatic rings. The Morgan fingerprint density at radius 1 is 1.18 bits per heavy atom. The van der Waals surface area contributed by atoms with Crippen molar-refractivity contribution in [2.45, 2.75) is 17.9 Å². The monoisotopic (exact) mass is 594 g/mol. The number of hydrogen-bond donors (Lipinski definition) is 3. The zero-order valence-electron chi connectivity index (χ0n) is 21.0. The lowest BCUT2D eigenvalue weighted by Gasteiger charge is -2.11. The van der Waals surface area contributed by atoms with E-state index in [1.807, 2.05) is 19.0 Å². The van der Waals surface area contributed by atoms with E-state index in [0.717, 1.165) is 19.0 Å². The van der Waals surface area contributed by atoms with Gasteiger partial charge in [0, 0.05) is 12.1 Å². The molecule has 0 saturated carbocycles. The summed E-state index contributed by atoms with van der Waals surface area (Å²) in [6.07, 6.45) is 2.02. The van der Waals surface area contributed by atoms with Crippen molar-refractivity contribution < 1.29 is 17.6 Å². The third-order valence-corrected chi connectivity index (χ3v) is 7.99. The maximum atomic E-state index is 15.2. The number of carbonyl (C=O) groups excluding carboxylic acids is 1. The molecule has 39 heavy (non-hydrogen) atoms. The fourth-order valence-corrected chi connectivity index (χ4v) is 5.62. The number of fused-ring (bicyclic) bond motifs is 1. The second-order valence-electron chi connectivity index (χ2n) is 8.82. The van der Waals surface area contributed by atoms with Gasteiger partial charge >= 0.3 is 0 Å². The molecule has 0 spiro atoms. The highest BCUT2D eigenvalue weighted by Crippen LogP contribution is 2.34. The van der Waals surface area contributed by atoms with Gasteiger partial charge in [-0.15, -0.1) is 0 Å². The van der Waals surface area contributed by atoms with Crippen LogP contribution >= 0.6 is 23.2 Å². The van der Waals surface area contributed by atoms with Crippen LogP contribution in [0.15, 0.2) is 47.6 Å². The Morgan fingerprint density at radius 2 is 1.95 bits per heavy atom. The van der Waals surface area contributed by atoms with E-state index < -0.39 is 15.8 Å². The first-order chi connectivity index (χ1) is 18.5. The molecule has 0 aliphatic heterocycles. The van der Waals surface area contributed by atoms with Crippen LogP contribution < -0.4 is 15.8 Å². The summed E-state index contributed by atoms with van der Waals surface area (Å²) in [5, 5.41) is 7.48. The Kier molecular flexibility index (Phi) is 8.54. The van der Waals surface area contributed by atoms with Crippen molar-refractivity contribution in [1.82, 2.24) is 30.0 Å². The number of nitrogens with zero attached hydrogens (tertiary/aromatic N) is 5. The molecule has 206 valence electrons. The van der Waals surface area contributed by atoms with Gasteiger partial charge in [-0.3, -0.25) is 9.52 Å². The van der Waals surface area contributed by atoms with Crippen LogP contribution in [0.1, 0.15) is 6.42 Å². The molecule has 0 bridgehead atoms. The van der Waals surface area contributed by atoms with Crippen LogP contribution in [0.2, 0.25) is 10.0 Å². The van der Waals surface area contributed by atoms with Gasteiger partial charge in [0.05, 0.1) is 21.1 Å². The number of carbonyl (C=O) groups is 1. The third kappa shape index (κ3) is 6.38. The van der Waals surface area contributed by atoms with Crippen LogP contribution in [0.25, 0.3) is 22.3 Å². The van der Waals surface area contributed by atoms with Crippen molar-refractivity contribution in [3.05, 3.63) is 58.6 Å². The number of benzene rings is 2. The number of hydrogen-bond acceptors (Lipinski definition) is 8. The van der Waals surface area contributed by atoms with Crippen molar-refractivity contribution in [3.63, 3.8) is 0 Å². The average molecular weight is 595 g/mol. The number of anilines is 2. The quantitative estimate of drug-likeness (QED) is 0.237. The van der Waals surface area contributed by atoms with Crippen LogP contribution in [0.3, 0.4) is 0 Å². The molecular weight excluding hydrogens is 570 g/mol. The minimum absolute atomic E-state index is 0.0416. The highest BCUT2D eigenvalue weighted by Gasteiger charge is 2.23. The fourth-order valence-electron chi connectivity index (χ4n) is 3.79. The van der Waals surface area contributed by atoms with E-state index in [-0.39, 0.29) is 50.2 Å². The Labute approximate surface area is 234 Å². The molecule has 4 rings (SSSR count). The Morgan fingerprint density at radius 3 is 2.67 bits per heavy atom. The van der Waals surface area contributed by atoms with E-state index >= 15 is 4.39 Å². The normalized spacial score (nSPS) is 11.7. The summed E-state index contributed by atoms with van der Waals surface area (Å²) in [6.45, 7) is 1.17. The second kappa shape index (κ2) is 11.7. The molecule has 15 heteroatoms. The first kappa shape index (κ1) is 28.5. The number of aromatic nitrogens is 4. The van der Waals surface area contributed by atoms with E-state index in [1.165, 1.54) is 41.3 Å². The number of nitrogens with one attached hydrogen (secondary N) is 2. The Bertz CT molecular complexity index is 1650. The van der Waals surface area contributed by atoms with Crippen molar-refractivity contribution in [3.8, 4) is 11.3 Å². The summed E-state index contributed by atoms with van der Waals surface area (Å²) in [4.78, 5) is 22.5. The van der Waals surface area contributed by atoms with Gasteiger partial charge in [0.1, 0.15) is 35.1 Å². The minimum atomic E-state index is -4.25. The fraction of sp³-hybridized carbons (Fsp3) is 0.250. The molecule has 0 radical (unpaired) electrons. The zero-order chi connectivity index (χ0) is 28.3. The lowest BCUT2D eigenvalue weighted by Crippen LogP contribution is -2.30. The van der Waals surface area contributed by atoms with Gasteiger partial charge in [-0.1, -0.05) is 35.3 Å². The SMILES string of the molecule is CN(C)CCCNC(=O)Cn1nc(-c2ccc(NS(=O)(=O)c3cccc(Cl)c3Cl)c(F)c2)c2c(N)ncnc21. The van der Waals surface area contributed by atoms with E-state index in [9.17, 15) is 13.2 Å². The number of halogens is 3. The lowest BCUT2D eigenvalue weighted by atomic mass is 10.1. The van der Waals surface area contributed by atoms with E-state index in [2.05, 4.69) is 25.1 Å². The lowest BCUT2D eigenvalue weighted by molar-refractivity contribution is -0.121. The van der Waals surface area contributed by atoms with Crippen molar-refractivity contribution >= 4 is 61.7 Å². The highest BCUT2D eigenvalue weighted by atomic mass is 35.5. The smallest absolute Gasteiger partial charge is 0.263 e. The Hall–Kier alpha value is -3.52. The number of sulfonamides is 1. The predicted octanol–water partition coefficient (Wildman–Crippen LogP) is 3.39. The van der Waals surface area contributed by atoms with Crippen LogP contribution in [-0.4, -0.2) is 66.2 Å². The van der Waals surface area contributed by atoms with Crippen LogP contribution in [0.4, 0.5) is 15.9 Å². The maximum Gasteiger partial charge on any atom is 0.263 e. The largest absolute Gasteiger partial charge is 0.383 e. The van der Waals surface area contributed by atoms with Gasteiger partial charge in [0.2, 0.25) is 5.91 Å². The molecule has 2 aromatic carbocycles. The van der Waals surface area contributed by atoms with Gasteiger partial charge in [-0.2, -0.15) is 5.10 Å². The first-order valence-corrected chi connectivity index (χ1v) is 13.9. The summed E-state index contributed by atoms with van der Waals surface area (Å²) in [6, 6.07) is 7.90. The third-order valence-electron chi connectivity index (χ3n) is 5.65. The Balaban J connectivity index is 1.62. The summed E-state index contributed by atoms with van der Waals surface area (Å²) < 4.78 is 44.4. The first-order valence-electron chi connectivity index (χ1n) is 11.6. The molecule has 4 N–H and O–H groups in total. The standard InChI is InChI=1S/C24H25Cl2FN8O3S/c1-34(2)10-4-9-29-19(36)12-35-24-20(23(28)30-13-31-24)22(32-35)14-7-8-17(16(27)11-14)33-39(37,38)18-6-3-5-15(25)21(18)26/h3,5-8,11,13,33H,4,9-10,12H2,1-2H3,(H,29,36)(H2,28,30,31). The zero-order valence-corrected chi connectivity index (χ0v) is 23.3. The van der Waals surface area contributed by atoms with Gasteiger partial charge in [-0.05, 0) is 51.3 Å². The van der Waals surface area contributed by atoms with Crippen molar-refractivity contribution in [2.24, 2.45) is 0 Å². The van der Waals surface area contributed by atoms with E-state index in [0.29, 0.717) is 17.6 Å². The highest BCUT2D eigenvalue weighted by molar-refractivity contribution is 7.92. The van der Waals surface area contributed by atoms with Crippen LogP contribution in [0.5, 0.6) is 0 Å². The van der Waals surface area contributed by atoms with Crippen LogP contribution in [0, 0.1) is 5.82 Å². The maximum absolute atomic E-state index is 15.2. The van der Waals surface area contributed by atoms with E-state index in [4.69, 9.17) is 28.9 Å². The van der Waals surface area contributed by atoms with Gasteiger partial charge < -0.3 is 16.0 Å². The van der Waals surface area contributed by atoms with E-state index in [1.54, 1.807) is 0 Å². The van der Waals surface area contributed by atoms with Crippen LogP contribution in [-0.2, 0) is 21.4 Å². The summed E-state index contributed by atoms with van der Waals surface area (Å²) in [5.41, 5.74) is 6.56. The molecule has 0 atom stereocenters. The molecular formula is C24H25Cl2FN8O3S. The molecule has 0 fully saturated rings. The van der Waals surface area contributed by atoms with Gasteiger partial charge in [0.15, 0.2) is 5.65 Å². The van der Waals surface area contributed by atoms with Gasteiger partial charge in [-0.25, -0.2) is 27.5 Å². The number of nitrogen functional groups attached to an aromatic ring is 1.